The first-order valence-corrected chi connectivity index (χ1v) is 9.69. The summed E-state index contributed by atoms with van der Waals surface area (Å²) in [6.45, 7) is 6.18. The van der Waals surface area contributed by atoms with Crippen molar-refractivity contribution in [2.45, 2.75) is 26.7 Å². The Morgan fingerprint density at radius 3 is 2.22 bits per heavy atom. The fourth-order valence-corrected chi connectivity index (χ4v) is 3.77. The summed E-state index contributed by atoms with van der Waals surface area (Å²) in [5.41, 5.74) is 2.10. The largest absolute Gasteiger partial charge is 0.478 e. The van der Waals surface area contributed by atoms with Crippen LogP contribution in [0, 0.1) is 6.92 Å². The molecule has 23 heavy (non-hydrogen) atoms. The van der Waals surface area contributed by atoms with Crippen molar-refractivity contribution in [1.82, 2.24) is 0 Å². The van der Waals surface area contributed by atoms with Gasteiger partial charge < -0.3 is 14.0 Å². The van der Waals surface area contributed by atoms with Crippen LogP contribution in [0.1, 0.15) is 30.9 Å². The molecular formula is C18H21O4P. The van der Waals surface area contributed by atoms with Crippen LogP contribution in [0.15, 0.2) is 42.5 Å². The highest BCUT2D eigenvalue weighted by atomic mass is 31.2. The third-order valence-corrected chi connectivity index (χ3v) is 5.40. The molecule has 2 aromatic carbocycles. The molecule has 0 spiro atoms. The maximum Gasteiger partial charge on any atom is 0.320 e. The average Bonchev–Trinajstić information content (AvgIpc) is 2.70. The zero-order valence-corrected chi connectivity index (χ0v) is 14.5. The van der Waals surface area contributed by atoms with Crippen molar-refractivity contribution < 1.29 is 18.6 Å². The van der Waals surface area contributed by atoms with Crippen LogP contribution >= 0.6 is 7.37 Å². The van der Waals surface area contributed by atoms with E-state index in [-0.39, 0.29) is 12.7 Å². The van der Waals surface area contributed by atoms with Crippen molar-refractivity contribution >= 4 is 7.37 Å². The van der Waals surface area contributed by atoms with Crippen LogP contribution < -0.4 is 14.0 Å². The highest BCUT2D eigenvalue weighted by molar-refractivity contribution is 7.59. The van der Waals surface area contributed by atoms with Crippen molar-refractivity contribution in [1.29, 1.82) is 0 Å². The molecule has 0 bridgehead atoms. The number of benzene rings is 2. The maximum absolute atomic E-state index is 13.1. The summed E-state index contributed by atoms with van der Waals surface area (Å²) in [4.78, 5) is 0. The smallest absolute Gasteiger partial charge is 0.320 e. The van der Waals surface area contributed by atoms with E-state index >= 15 is 0 Å². The van der Waals surface area contributed by atoms with E-state index in [1.807, 2.05) is 31.2 Å². The van der Waals surface area contributed by atoms with Gasteiger partial charge in [0.15, 0.2) is 24.2 Å². The van der Waals surface area contributed by atoms with Crippen molar-refractivity contribution in [3.05, 3.63) is 53.6 Å². The van der Waals surface area contributed by atoms with Gasteiger partial charge in [-0.2, -0.15) is 0 Å². The molecule has 0 unspecified atom stereocenters. The number of ether oxygens (including phenoxy) is 2. The first kappa shape index (κ1) is 15.9. The molecule has 1 aliphatic rings. The Kier molecular flexibility index (Phi) is 4.36. The zero-order valence-electron chi connectivity index (χ0n) is 13.6. The van der Waals surface area contributed by atoms with Gasteiger partial charge in [0.05, 0.1) is 0 Å². The fourth-order valence-electron chi connectivity index (χ4n) is 2.37. The van der Waals surface area contributed by atoms with Crippen molar-refractivity contribution in [3.8, 4) is 17.2 Å². The van der Waals surface area contributed by atoms with Gasteiger partial charge in [-0.25, -0.2) is 0 Å². The molecule has 1 heterocycles. The van der Waals surface area contributed by atoms with E-state index in [1.54, 1.807) is 12.1 Å². The van der Waals surface area contributed by atoms with Crippen molar-refractivity contribution in [2.75, 3.05) is 12.7 Å². The number of hydrogen-bond donors (Lipinski definition) is 0. The van der Waals surface area contributed by atoms with Crippen molar-refractivity contribution in [2.24, 2.45) is 0 Å². The third kappa shape index (κ3) is 3.53. The van der Waals surface area contributed by atoms with E-state index < -0.39 is 7.37 Å². The number of rotatable bonds is 3. The Balaban J connectivity index is 1.83. The van der Waals surface area contributed by atoms with Gasteiger partial charge in [0.25, 0.3) is 0 Å². The summed E-state index contributed by atoms with van der Waals surface area (Å²) in [5, 5.41) is 0. The van der Waals surface area contributed by atoms with Crippen LogP contribution in [0.2, 0.25) is 0 Å². The van der Waals surface area contributed by atoms with Gasteiger partial charge in [-0.3, -0.25) is 4.57 Å². The van der Waals surface area contributed by atoms with E-state index in [0.29, 0.717) is 23.2 Å². The van der Waals surface area contributed by atoms with Gasteiger partial charge in [-0.1, -0.05) is 38.1 Å². The molecule has 0 aromatic heterocycles. The molecular weight excluding hydrogens is 311 g/mol. The van der Waals surface area contributed by atoms with Gasteiger partial charge in [-0.05, 0) is 42.2 Å². The molecule has 0 saturated heterocycles. The molecule has 0 fully saturated rings. The topological polar surface area (TPSA) is 44.8 Å². The molecule has 3 rings (SSSR count). The minimum absolute atomic E-state index is 0.00929. The van der Waals surface area contributed by atoms with E-state index in [2.05, 4.69) is 19.9 Å². The summed E-state index contributed by atoms with van der Waals surface area (Å²) in [6, 6.07) is 13.3. The average molecular weight is 332 g/mol. The molecule has 0 amide bonds. The van der Waals surface area contributed by atoms with E-state index in [1.165, 1.54) is 0 Å². The second-order valence-electron chi connectivity index (χ2n) is 6.08. The lowest BCUT2D eigenvalue weighted by Gasteiger charge is -2.19. The van der Waals surface area contributed by atoms with Crippen LogP contribution in [-0.2, 0) is 4.57 Å². The summed E-state index contributed by atoms with van der Waals surface area (Å²) < 4.78 is 30.2. The molecule has 0 N–H and O–H groups in total. The number of hydrogen-bond acceptors (Lipinski definition) is 4. The zero-order chi connectivity index (χ0) is 16.4. The Morgan fingerprint density at radius 1 is 1.04 bits per heavy atom. The normalized spacial score (nSPS) is 16.0. The second-order valence-corrected chi connectivity index (χ2v) is 8.41. The van der Waals surface area contributed by atoms with Crippen LogP contribution in [0.3, 0.4) is 0 Å². The minimum Gasteiger partial charge on any atom is -0.478 e. The quantitative estimate of drug-likeness (QED) is 0.728. The Bertz CT molecular complexity index is 723. The number of fused-ring (bicyclic) bond motifs is 1. The monoisotopic (exact) mass is 332 g/mol. The fraction of sp³-hybridized carbons (Fsp3) is 0.333. The van der Waals surface area contributed by atoms with Gasteiger partial charge >= 0.3 is 7.37 Å². The van der Waals surface area contributed by atoms with Crippen LogP contribution in [0.5, 0.6) is 17.2 Å². The van der Waals surface area contributed by atoms with Gasteiger partial charge in [0.2, 0.25) is 0 Å². The molecule has 0 radical (unpaired) electrons. The third-order valence-electron chi connectivity index (χ3n) is 3.83. The highest BCUT2D eigenvalue weighted by Crippen LogP contribution is 2.51. The lowest BCUT2D eigenvalue weighted by Crippen LogP contribution is -2.08. The molecule has 0 aliphatic carbocycles. The predicted molar refractivity (Wildman–Crippen MR) is 90.9 cm³/mol. The molecule has 122 valence electrons. The lowest BCUT2D eigenvalue weighted by atomic mass is 10.0. The summed E-state index contributed by atoms with van der Waals surface area (Å²) in [6.07, 6.45) is 0.0186. The predicted octanol–water partition coefficient (Wildman–Crippen LogP) is 5.16. The maximum atomic E-state index is 13.1. The molecule has 5 heteroatoms. The molecule has 2 aromatic rings. The highest BCUT2D eigenvalue weighted by Gasteiger charge is 2.31. The van der Waals surface area contributed by atoms with E-state index in [4.69, 9.17) is 14.0 Å². The van der Waals surface area contributed by atoms with E-state index in [0.717, 1.165) is 11.1 Å². The van der Waals surface area contributed by atoms with Crippen LogP contribution in [-0.4, -0.2) is 12.7 Å². The van der Waals surface area contributed by atoms with Gasteiger partial charge in [-0.15, -0.1) is 0 Å². The Hall–Kier alpha value is -1.93. The summed E-state index contributed by atoms with van der Waals surface area (Å²) >= 11 is 0. The molecule has 0 atom stereocenters. The second kappa shape index (κ2) is 6.29. The van der Waals surface area contributed by atoms with Gasteiger partial charge in [0.1, 0.15) is 5.75 Å². The van der Waals surface area contributed by atoms with Crippen LogP contribution in [0.25, 0.3) is 0 Å². The standard InChI is InChI=1S/C18H21O4P/c1-13(2)15-9-8-14(3)18(10-15)22-23(19)11-20-16-6-4-5-7-17(16)21-12-23/h4-10,13H,11-12H2,1-3H3. The van der Waals surface area contributed by atoms with Crippen LogP contribution in [0.4, 0.5) is 0 Å². The summed E-state index contributed by atoms with van der Waals surface area (Å²) in [5.74, 6) is 2.21. The first-order valence-electron chi connectivity index (χ1n) is 7.70. The SMILES string of the molecule is Cc1ccc(C(C)C)cc1OP1(=O)COc2ccccc2OC1. The summed E-state index contributed by atoms with van der Waals surface area (Å²) in [7, 11) is -3.08. The van der Waals surface area contributed by atoms with Crippen molar-refractivity contribution in [3.63, 3.8) is 0 Å². The number of para-hydroxylation sites is 2. The first-order chi connectivity index (χ1) is 11.0. The minimum atomic E-state index is -3.08. The molecule has 0 saturated carbocycles. The Labute approximate surface area is 136 Å². The lowest BCUT2D eigenvalue weighted by molar-refractivity contribution is 0.355. The van der Waals surface area contributed by atoms with E-state index in [9.17, 15) is 4.57 Å². The molecule has 1 aliphatic heterocycles. The molecule has 4 nitrogen and oxygen atoms in total. The number of aryl methyl sites for hydroxylation is 1. The van der Waals surface area contributed by atoms with Gasteiger partial charge in [0, 0.05) is 0 Å². The Morgan fingerprint density at radius 2 is 1.65 bits per heavy atom.